The lowest BCUT2D eigenvalue weighted by molar-refractivity contribution is 0.212. The molecule has 2 rings (SSSR count). The standard InChI is InChI=1S/C27H40N2O4S/c1-17(2)19-13-11-14-20(18(3)4)23(19)29(34(31,32)33-25(28)30)24-21(26(5,6)7)15-12-16-22(24)27(8,9)10/h11-18H,1-10H3,(H2,28,30). The Labute approximate surface area is 205 Å². The van der Waals surface area contributed by atoms with Crippen LogP contribution in [0.5, 0.6) is 0 Å². The number of hydrogen-bond donors (Lipinski definition) is 1. The molecule has 0 unspecified atom stereocenters. The number of nitrogens with two attached hydrogens (primary N) is 1. The quantitative estimate of drug-likeness (QED) is 0.474. The molecule has 0 aliphatic rings. The van der Waals surface area contributed by atoms with E-state index in [4.69, 9.17) is 9.92 Å². The molecule has 0 saturated carbocycles. The summed E-state index contributed by atoms with van der Waals surface area (Å²) in [6, 6.07) is 11.6. The van der Waals surface area contributed by atoms with Crippen molar-refractivity contribution in [2.75, 3.05) is 4.31 Å². The molecule has 2 aromatic rings. The van der Waals surface area contributed by atoms with Crippen LogP contribution in [0.15, 0.2) is 36.4 Å². The van der Waals surface area contributed by atoms with E-state index in [1.165, 1.54) is 4.31 Å². The van der Waals surface area contributed by atoms with Crippen LogP contribution < -0.4 is 10.0 Å². The maximum absolute atomic E-state index is 13.9. The van der Waals surface area contributed by atoms with Crippen LogP contribution in [-0.2, 0) is 25.3 Å². The highest BCUT2D eigenvalue weighted by atomic mass is 32.2. The Balaban J connectivity index is 3.23. The second-order valence-corrected chi connectivity index (χ2v) is 12.8. The summed E-state index contributed by atoms with van der Waals surface area (Å²) in [6.07, 6.45) is -1.37. The summed E-state index contributed by atoms with van der Waals surface area (Å²) in [5.74, 6) is 0.0275. The number of rotatable bonds is 6. The zero-order valence-corrected chi connectivity index (χ0v) is 23.0. The van der Waals surface area contributed by atoms with Crippen molar-refractivity contribution < 1.29 is 17.4 Å². The molecule has 0 spiro atoms. The predicted octanol–water partition coefficient (Wildman–Crippen LogP) is 7.01. The molecule has 7 heteroatoms. The molecule has 6 nitrogen and oxygen atoms in total. The number of anilines is 2. The van der Waals surface area contributed by atoms with Gasteiger partial charge in [-0.05, 0) is 44.9 Å². The van der Waals surface area contributed by atoms with E-state index in [0.717, 1.165) is 22.3 Å². The SMILES string of the molecule is CC(C)c1cccc(C(C)C)c1N(c1c(C(C)(C)C)cccc1C(C)(C)C)S(=O)(=O)OC(N)=O. The van der Waals surface area contributed by atoms with Crippen molar-refractivity contribution >= 4 is 27.8 Å². The third-order valence-electron chi connectivity index (χ3n) is 5.81. The minimum Gasteiger partial charge on any atom is -0.334 e. The minimum atomic E-state index is -4.65. The van der Waals surface area contributed by atoms with Crippen LogP contribution in [0.2, 0.25) is 0 Å². The van der Waals surface area contributed by atoms with Crippen molar-refractivity contribution in [3.05, 3.63) is 58.7 Å². The molecule has 0 radical (unpaired) electrons. The summed E-state index contributed by atoms with van der Waals surface area (Å²) in [5, 5.41) is 0. The molecule has 1 amide bonds. The second-order valence-electron chi connectivity index (χ2n) is 11.4. The highest BCUT2D eigenvalue weighted by molar-refractivity contribution is 7.89. The summed E-state index contributed by atoms with van der Waals surface area (Å²) in [7, 11) is -4.65. The molecule has 34 heavy (non-hydrogen) atoms. The fourth-order valence-corrected chi connectivity index (χ4v) is 5.33. The van der Waals surface area contributed by atoms with Gasteiger partial charge in [0.05, 0.1) is 11.4 Å². The van der Waals surface area contributed by atoms with E-state index in [0.29, 0.717) is 11.4 Å². The normalized spacial score (nSPS) is 12.8. The number of nitrogens with zero attached hydrogens (tertiary/aromatic N) is 1. The van der Waals surface area contributed by atoms with Gasteiger partial charge in [-0.1, -0.05) is 106 Å². The Hall–Kier alpha value is -2.54. The Morgan fingerprint density at radius 2 is 1.18 bits per heavy atom. The Bertz CT molecular complexity index is 1100. The van der Waals surface area contributed by atoms with Crippen LogP contribution in [0.3, 0.4) is 0 Å². The highest BCUT2D eigenvalue weighted by Gasteiger charge is 2.39. The van der Waals surface area contributed by atoms with Gasteiger partial charge in [-0.25, -0.2) is 9.10 Å². The van der Waals surface area contributed by atoms with Gasteiger partial charge in [0.15, 0.2) is 0 Å². The first kappa shape index (κ1) is 27.7. The van der Waals surface area contributed by atoms with E-state index >= 15 is 0 Å². The average Bonchev–Trinajstić information content (AvgIpc) is 2.65. The Kier molecular flexibility index (Phi) is 7.83. The molecule has 0 atom stereocenters. The predicted molar refractivity (Wildman–Crippen MR) is 140 cm³/mol. The van der Waals surface area contributed by atoms with Crippen LogP contribution in [0.1, 0.15) is 103 Å². The summed E-state index contributed by atoms with van der Waals surface area (Å²) < 4.78 is 33.8. The summed E-state index contributed by atoms with van der Waals surface area (Å²) >= 11 is 0. The topological polar surface area (TPSA) is 89.7 Å². The molecule has 2 N–H and O–H groups in total. The van der Waals surface area contributed by atoms with Crippen LogP contribution in [0.4, 0.5) is 16.2 Å². The number of primary amides is 1. The monoisotopic (exact) mass is 488 g/mol. The van der Waals surface area contributed by atoms with Gasteiger partial charge in [-0.15, -0.1) is 0 Å². The van der Waals surface area contributed by atoms with E-state index in [2.05, 4.69) is 0 Å². The second kappa shape index (κ2) is 9.61. The molecule has 0 aliphatic heterocycles. The lowest BCUT2D eigenvalue weighted by Gasteiger charge is -2.37. The molecule has 0 aromatic heterocycles. The summed E-state index contributed by atoms with van der Waals surface area (Å²) in [6.45, 7) is 20.3. The fraction of sp³-hybridized carbons (Fsp3) is 0.519. The number of para-hydroxylation sites is 2. The average molecular weight is 489 g/mol. The minimum absolute atomic E-state index is 0.0138. The highest BCUT2D eigenvalue weighted by Crippen LogP contribution is 2.48. The van der Waals surface area contributed by atoms with Crippen molar-refractivity contribution in [3.8, 4) is 0 Å². The van der Waals surface area contributed by atoms with Crippen LogP contribution in [0.25, 0.3) is 0 Å². The first-order chi connectivity index (χ1) is 15.4. The Morgan fingerprint density at radius 1 is 0.794 bits per heavy atom. The van der Waals surface area contributed by atoms with E-state index in [9.17, 15) is 13.2 Å². The molecule has 2 aromatic carbocycles. The number of amides is 1. The molecule has 0 heterocycles. The number of carbonyl (C=O) groups excluding carboxylic acids is 1. The van der Waals surface area contributed by atoms with Crippen molar-refractivity contribution in [2.24, 2.45) is 5.73 Å². The van der Waals surface area contributed by atoms with Gasteiger partial charge in [-0.2, -0.15) is 8.42 Å². The van der Waals surface area contributed by atoms with Crippen molar-refractivity contribution in [1.29, 1.82) is 0 Å². The molecular weight excluding hydrogens is 448 g/mol. The number of hydrogen-bond acceptors (Lipinski definition) is 4. The number of carbonyl (C=O) groups is 1. The molecular formula is C27H40N2O4S. The Morgan fingerprint density at radius 3 is 1.50 bits per heavy atom. The molecule has 0 fully saturated rings. The fourth-order valence-electron chi connectivity index (χ4n) is 4.20. The lowest BCUT2D eigenvalue weighted by Crippen LogP contribution is -2.37. The summed E-state index contributed by atoms with van der Waals surface area (Å²) in [5.41, 5.74) is 8.78. The van der Waals surface area contributed by atoms with E-state index in [1.54, 1.807) is 0 Å². The van der Waals surface area contributed by atoms with Crippen LogP contribution >= 0.6 is 0 Å². The molecule has 0 saturated heterocycles. The molecule has 188 valence electrons. The molecule has 0 bridgehead atoms. The van der Waals surface area contributed by atoms with Gasteiger partial charge in [0.1, 0.15) is 0 Å². The largest absolute Gasteiger partial charge is 0.421 e. The molecule has 0 aliphatic carbocycles. The van der Waals surface area contributed by atoms with E-state index in [1.807, 2.05) is 106 Å². The zero-order chi connectivity index (χ0) is 26.2. The smallest absolute Gasteiger partial charge is 0.334 e. The third kappa shape index (κ3) is 5.74. The third-order valence-corrected chi connectivity index (χ3v) is 7.00. The van der Waals surface area contributed by atoms with Gasteiger partial charge in [0.2, 0.25) is 0 Å². The first-order valence-corrected chi connectivity index (χ1v) is 13.1. The summed E-state index contributed by atoms with van der Waals surface area (Å²) in [4.78, 5) is 11.8. The van der Waals surface area contributed by atoms with Gasteiger partial charge < -0.3 is 9.92 Å². The zero-order valence-electron chi connectivity index (χ0n) is 22.2. The van der Waals surface area contributed by atoms with Gasteiger partial charge in [0, 0.05) is 0 Å². The van der Waals surface area contributed by atoms with Gasteiger partial charge in [-0.3, -0.25) is 0 Å². The van der Waals surface area contributed by atoms with Crippen LogP contribution in [0, 0.1) is 0 Å². The van der Waals surface area contributed by atoms with E-state index in [-0.39, 0.29) is 11.8 Å². The van der Waals surface area contributed by atoms with Crippen molar-refractivity contribution in [3.63, 3.8) is 0 Å². The van der Waals surface area contributed by atoms with Crippen LogP contribution in [-0.4, -0.2) is 14.5 Å². The number of benzene rings is 2. The van der Waals surface area contributed by atoms with Gasteiger partial charge in [0.25, 0.3) is 0 Å². The van der Waals surface area contributed by atoms with Crippen molar-refractivity contribution in [1.82, 2.24) is 0 Å². The maximum Gasteiger partial charge on any atom is 0.421 e. The maximum atomic E-state index is 13.9. The van der Waals surface area contributed by atoms with Gasteiger partial charge >= 0.3 is 16.4 Å². The van der Waals surface area contributed by atoms with E-state index < -0.39 is 27.2 Å². The van der Waals surface area contributed by atoms with Crippen molar-refractivity contribution in [2.45, 2.75) is 91.9 Å². The first-order valence-electron chi connectivity index (χ1n) is 11.7. The lowest BCUT2D eigenvalue weighted by atomic mass is 9.78.